The molecule has 0 aliphatic heterocycles. The maximum Gasteiger partial charge on any atom is 0.124 e. The van der Waals surface area contributed by atoms with E-state index < -0.39 is 10.1 Å². The number of aryl methyl sites for hydroxylation is 1. The lowest BCUT2D eigenvalue weighted by atomic mass is 10.1. The summed E-state index contributed by atoms with van der Waals surface area (Å²) in [5.74, 6) is 0. The Hall–Kier alpha value is -0.950. The van der Waals surface area contributed by atoms with Gasteiger partial charge >= 0.3 is 0 Å². The molecule has 0 atom stereocenters. The lowest BCUT2D eigenvalue weighted by Crippen LogP contribution is -2.46. The molecule has 0 aliphatic carbocycles. The van der Waals surface area contributed by atoms with Crippen LogP contribution in [0.25, 0.3) is 0 Å². The zero-order valence-electron chi connectivity index (χ0n) is 21.2. The first kappa shape index (κ1) is 31.0. The van der Waals surface area contributed by atoms with E-state index in [1.165, 1.54) is 107 Å². The summed E-state index contributed by atoms with van der Waals surface area (Å²) < 4.78 is 32.4. The Morgan fingerprint density at radius 1 is 0.750 bits per heavy atom. The van der Waals surface area contributed by atoms with Gasteiger partial charge in [0, 0.05) is 6.61 Å². The molecule has 32 heavy (non-hydrogen) atoms. The Morgan fingerprint density at radius 3 is 1.53 bits per heavy atom. The minimum absolute atomic E-state index is 0.178. The van der Waals surface area contributed by atoms with Crippen molar-refractivity contribution in [2.24, 2.45) is 0 Å². The molecule has 188 valence electrons. The van der Waals surface area contributed by atoms with Crippen LogP contribution in [0.5, 0.6) is 0 Å². The van der Waals surface area contributed by atoms with Crippen molar-refractivity contribution < 1.29 is 22.6 Å². The Kier molecular flexibility index (Phi) is 17.9. The molecule has 0 heterocycles. The molecule has 0 saturated carbocycles. The predicted molar refractivity (Wildman–Crippen MR) is 134 cm³/mol. The number of aliphatic hydroxyl groups is 1. The molecule has 0 bridgehead atoms. The maximum absolute atomic E-state index is 10.4. The predicted octanol–water partition coefficient (Wildman–Crippen LogP) is 6.05. The molecule has 0 spiro atoms. The second-order valence-electron chi connectivity index (χ2n) is 9.32. The van der Waals surface area contributed by atoms with Crippen LogP contribution in [0.1, 0.15) is 96.5 Å². The van der Waals surface area contributed by atoms with Gasteiger partial charge in [-0.15, -0.1) is 0 Å². The molecule has 1 aromatic carbocycles. The number of hydrogen-bond acceptors (Lipinski definition) is 4. The lowest BCUT2D eigenvalue weighted by Gasteiger charge is -2.35. The van der Waals surface area contributed by atoms with E-state index in [-0.39, 0.29) is 4.90 Å². The van der Waals surface area contributed by atoms with E-state index in [4.69, 9.17) is 5.11 Å². The molecule has 5 nitrogen and oxygen atoms in total. The van der Waals surface area contributed by atoms with Crippen molar-refractivity contribution in [3.05, 3.63) is 29.8 Å². The zero-order valence-corrected chi connectivity index (χ0v) is 22.0. The number of hydrogen-bond donors (Lipinski definition) is 1. The van der Waals surface area contributed by atoms with Gasteiger partial charge in [-0.1, -0.05) is 70.1 Å². The van der Waals surface area contributed by atoms with Gasteiger partial charge < -0.3 is 14.1 Å². The summed E-state index contributed by atoms with van der Waals surface area (Å²) in [6, 6.07) is 5.78. The van der Waals surface area contributed by atoms with Crippen molar-refractivity contribution in [3.63, 3.8) is 0 Å². The highest BCUT2D eigenvalue weighted by molar-refractivity contribution is 7.85. The van der Waals surface area contributed by atoms with E-state index in [1.807, 2.05) is 6.92 Å². The fraction of sp³-hybridized carbons (Fsp3) is 0.769. The van der Waals surface area contributed by atoms with E-state index in [9.17, 15) is 13.0 Å². The molecule has 0 saturated heterocycles. The maximum atomic E-state index is 10.4. The first-order valence-electron chi connectivity index (χ1n) is 12.7. The van der Waals surface area contributed by atoms with Gasteiger partial charge in [0.15, 0.2) is 0 Å². The van der Waals surface area contributed by atoms with Crippen LogP contribution < -0.4 is 0 Å². The minimum Gasteiger partial charge on any atom is -0.744 e. The molecular weight excluding hydrogens is 422 g/mol. The Labute approximate surface area is 198 Å². The topological polar surface area (TPSA) is 77.4 Å². The molecule has 0 amide bonds. The average Bonchev–Trinajstić information content (AvgIpc) is 2.74. The first-order valence-corrected chi connectivity index (χ1v) is 14.1. The molecular formula is C26H49NO4S. The normalized spacial score (nSPS) is 11.8. The van der Waals surface area contributed by atoms with Crippen LogP contribution in [-0.2, 0) is 10.1 Å². The van der Waals surface area contributed by atoms with Crippen LogP contribution in [0.3, 0.4) is 0 Å². The zero-order chi connectivity index (χ0) is 24.3. The van der Waals surface area contributed by atoms with Gasteiger partial charge in [0.2, 0.25) is 0 Å². The molecule has 6 heteroatoms. The van der Waals surface area contributed by atoms with Crippen LogP contribution in [0.2, 0.25) is 0 Å². The second-order valence-corrected chi connectivity index (χ2v) is 10.7. The lowest BCUT2D eigenvalue weighted by molar-refractivity contribution is -0.910. The van der Waals surface area contributed by atoms with Crippen molar-refractivity contribution in [2.75, 3.05) is 33.3 Å². The molecule has 1 rings (SSSR count). The van der Waals surface area contributed by atoms with Gasteiger partial charge in [-0.3, -0.25) is 0 Å². The standard InChI is InChI=1S/C19H42NO.C7H8O3S/c1-4-6-8-10-12-16-20(3,18-14-15-19-21)17-13-11-9-7-5-2;1-6-2-4-7(5-3-6)11(8,9)10/h21H,4-19H2,1-3H3;2-5H,1H3,(H,8,9,10)/q+1;/p-1. The first-order chi connectivity index (χ1) is 15.2. The quantitative estimate of drug-likeness (QED) is 0.170. The second kappa shape index (κ2) is 18.5. The van der Waals surface area contributed by atoms with Crippen LogP contribution in [0.4, 0.5) is 0 Å². The van der Waals surface area contributed by atoms with Gasteiger partial charge in [-0.25, -0.2) is 8.42 Å². The number of quaternary nitrogens is 1. The van der Waals surface area contributed by atoms with Crippen molar-refractivity contribution in [3.8, 4) is 0 Å². The summed E-state index contributed by atoms with van der Waals surface area (Å²) in [4.78, 5) is -0.178. The van der Waals surface area contributed by atoms with Gasteiger partial charge in [-0.2, -0.15) is 0 Å². The number of nitrogens with zero attached hydrogens (tertiary/aromatic N) is 1. The van der Waals surface area contributed by atoms with E-state index in [0.717, 1.165) is 12.0 Å². The summed E-state index contributed by atoms with van der Waals surface area (Å²) in [7, 11) is -1.83. The SMILES string of the molecule is CCCCCCC[N+](C)(CCCCO)CCCCCCC.Cc1ccc(S(=O)(=O)[O-])cc1. The number of aliphatic hydroxyl groups excluding tert-OH is 1. The summed E-state index contributed by atoms with van der Waals surface area (Å²) in [5, 5.41) is 9.00. The van der Waals surface area contributed by atoms with E-state index in [1.54, 1.807) is 12.1 Å². The Balaban J connectivity index is 0.000000726. The third kappa shape index (κ3) is 16.7. The van der Waals surface area contributed by atoms with Crippen molar-refractivity contribution in [2.45, 2.75) is 103 Å². The van der Waals surface area contributed by atoms with Gasteiger partial charge in [0.25, 0.3) is 0 Å². The van der Waals surface area contributed by atoms with Crippen LogP contribution in [0, 0.1) is 6.92 Å². The number of unbranched alkanes of at least 4 members (excludes halogenated alkanes) is 9. The van der Waals surface area contributed by atoms with E-state index in [2.05, 4.69) is 20.9 Å². The molecule has 0 radical (unpaired) electrons. The number of rotatable bonds is 17. The fourth-order valence-electron chi connectivity index (χ4n) is 3.84. The van der Waals surface area contributed by atoms with Gasteiger partial charge in [0.1, 0.15) is 10.1 Å². The highest BCUT2D eigenvalue weighted by Crippen LogP contribution is 2.14. The molecule has 0 fully saturated rings. The minimum atomic E-state index is -4.27. The van der Waals surface area contributed by atoms with Crippen LogP contribution in [0.15, 0.2) is 29.2 Å². The van der Waals surface area contributed by atoms with Crippen molar-refractivity contribution >= 4 is 10.1 Å². The summed E-state index contributed by atoms with van der Waals surface area (Å²) in [6.45, 7) is 10.7. The third-order valence-electron chi connectivity index (χ3n) is 6.02. The highest BCUT2D eigenvalue weighted by Gasteiger charge is 2.19. The van der Waals surface area contributed by atoms with E-state index >= 15 is 0 Å². The molecule has 1 N–H and O–H groups in total. The van der Waals surface area contributed by atoms with Gasteiger partial charge in [-0.05, 0) is 57.6 Å². The smallest absolute Gasteiger partial charge is 0.124 e. The number of benzene rings is 1. The highest BCUT2D eigenvalue weighted by atomic mass is 32.2. The van der Waals surface area contributed by atoms with Crippen LogP contribution in [-0.4, -0.2) is 55.8 Å². The molecule has 0 unspecified atom stereocenters. The van der Waals surface area contributed by atoms with Gasteiger partial charge in [0.05, 0.1) is 31.6 Å². The molecule has 0 aromatic heterocycles. The van der Waals surface area contributed by atoms with E-state index in [0.29, 0.717) is 6.61 Å². The monoisotopic (exact) mass is 471 g/mol. The van der Waals surface area contributed by atoms with Crippen LogP contribution >= 0.6 is 0 Å². The third-order valence-corrected chi connectivity index (χ3v) is 6.87. The Bertz CT molecular complexity index is 645. The average molecular weight is 472 g/mol. The molecule has 1 aromatic rings. The summed E-state index contributed by atoms with van der Waals surface area (Å²) in [5.41, 5.74) is 0.928. The summed E-state index contributed by atoms with van der Waals surface area (Å²) >= 11 is 0. The summed E-state index contributed by atoms with van der Waals surface area (Å²) in [6.07, 6.45) is 16.0. The van der Waals surface area contributed by atoms with Crippen molar-refractivity contribution in [1.29, 1.82) is 0 Å². The molecule has 0 aliphatic rings. The van der Waals surface area contributed by atoms with Crippen molar-refractivity contribution in [1.82, 2.24) is 0 Å². The Morgan fingerprint density at radius 2 is 1.16 bits per heavy atom. The largest absolute Gasteiger partial charge is 0.744 e. The fourth-order valence-corrected chi connectivity index (χ4v) is 4.31.